The van der Waals surface area contributed by atoms with Gasteiger partial charge in [0.15, 0.2) is 0 Å². The van der Waals surface area contributed by atoms with Crippen LogP contribution in [0.3, 0.4) is 0 Å². The first-order valence-corrected chi connectivity index (χ1v) is 7.35. The molecule has 0 saturated carbocycles. The molecule has 20 heavy (non-hydrogen) atoms. The molecule has 2 rings (SSSR count). The molecule has 0 aliphatic carbocycles. The monoisotopic (exact) mass is 295 g/mol. The van der Waals surface area contributed by atoms with E-state index in [1.54, 1.807) is 0 Å². The Morgan fingerprint density at radius 1 is 1.35 bits per heavy atom. The summed E-state index contributed by atoms with van der Waals surface area (Å²) < 4.78 is 5.51. The second-order valence-corrected chi connectivity index (χ2v) is 6.84. The first kappa shape index (κ1) is 15.3. The minimum atomic E-state index is -0.457. The van der Waals surface area contributed by atoms with Crippen LogP contribution in [0.5, 0.6) is 0 Å². The van der Waals surface area contributed by atoms with E-state index in [4.69, 9.17) is 16.3 Å². The molecule has 0 radical (unpaired) electrons. The fourth-order valence-corrected chi connectivity index (χ4v) is 2.94. The van der Waals surface area contributed by atoms with Crippen LogP contribution in [0.4, 0.5) is 0 Å². The average Bonchev–Trinajstić information content (AvgIpc) is 2.75. The third-order valence-electron chi connectivity index (χ3n) is 3.48. The highest BCUT2D eigenvalue weighted by molar-refractivity contribution is 6.31. The Bertz CT molecular complexity index is 508. The van der Waals surface area contributed by atoms with Crippen molar-refractivity contribution in [1.29, 1.82) is 0 Å². The molecule has 1 aromatic rings. The summed E-state index contributed by atoms with van der Waals surface area (Å²) in [6.45, 7) is 9.08. The summed E-state index contributed by atoms with van der Waals surface area (Å²) in [6, 6.07) is 6.00. The fraction of sp³-hybridized carbons (Fsp3) is 0.562. The lowest BCUT2D eigenvalue weighted by Gasteiger charge is -2.25. The van der Waals surface area contributed by atoms with E-state index in [0.29, 0.717) is 6.54 Å². The van der Waals surface area contributed by atoms with Crippen molar-refractivity contribution in [2.24, 2.45) is 5.92 Å². The molecule has 1 heterocycles. The number of carbonyl (C=O) groups excluding carboxylic acids is 1. The molecule has 3 nitrogen and oxygen atoms in total. The second kappa shape index (κ2) is 5.74. The summed E-state index contributed by atoms with van der Waals surface area (Å²) in [7, 11) is 0. The van der Waals surface area contributed by atoms with Gasteiger partial charge in [-0.15, -0.1) is 0 Å². The molecule has 0 amide bonds. The molecule has 0 aromatic heterocycles. The summed E-state index contributed by atoms with van der Waals surface area (Å²) in [5.41, 5.74) is 1.69. The van der Waals surface area contributed by atoms with Crippen LogP contribution >= 0.6 is 11.6 Å². The van der Waals surface area contributed by atoms with Gasteiger partial charge in [0.2, 0.25) is 0 Å². The number of ether oxygens (including phenoxy) is 1. The Morgan fingerprint density at radius 2 is 2.05 bits per heavy atom. The van der Waals surface area contributed by atoms with Gasteiger partial charge < -0.3 is 10.1 Å². The lowest BCUT2D eigenvalue weighted by molar-refractivity contribution is -0.159. The van der Waals surface area contributed by atoms with Gasteiger partial charge in [-0.1, -0.05) is 23.7 Å². The molecule has 1 aromatic carbocycles. The van der Waals surface area contributed by atoms with Crippen molar-refractivity contribution in [3.8, 4) is 0 Å². The number of carbonyl (C=O) groups is 1. The Kier molecular flexibility index (Phi) is 4.40. The molecule has 0 bridgehead atoms. The zero-order valence-electron chi connectivity index (χ0n) is 12.5. The Hall–Kier alpha value is -1.06. The third kappa shape index (κ3) is 3.53. The number of halogens is 1. The molecule has 110 valence electrons. The van der Waals surface area contributed by atoms with Crippen LogP contribution in [-0.4, -0.2) is 24.7 Å². The van der Waals surface area contributed by atoms with Gasteiger partial charge in [-0.3, -0.25) is 4.79 Å². The van der Waals surface area contributed by atoms with E-state index in [1.807, 2.05) is 45.9 Å². The van der Waals surface area contributed by atoms with Crippen LogP contribution in [0, 0.1) is 12.8 Å². The van der Waals surface area contributed by atoms with Crippen molar-refractivity contribution in [3.05, 3.63) is 34.3 Å². The molecule has 2 atom stereocenters. The number of esters is 1. The quantitative estimate of drug-likeness (QED) is 0.851. The molecule has 0 spiro atoms. The molecule has 0 unspecified atom stereocenters. The Morgan fingerprint density at radius 3 is 2.65 bits per heavy atom. The lowest BCUT2D eigenvalue weighted by Crippen LogP contribution is -2.31. The van der Waals surface area contributed by atoms with Crippen molar-refractivity contribution >= 4 is 17.6 Å². The van der Waals surface area contributed by atoms with Crippen LogP contribution < -0.4 is 5.32 Å². The fourth-order valence-electron chi connectivity index (χ4n) is 2.56. The summed E-state index contributed by atoms with van der Waals surface area (Å²) in [6.07, 6.45) is 0. The van der Waals surface area contributed by atoms with Crippen LogP contribution in [0.1, 0.15) is 37.8 Å². The van der Waals surface area contributed by atoms with Crippen LogP contribution in [0.2, 0.25) is 5.02 Å². The lowest BCUT2D eigenvalue weighted by atomic mass is 9.88. The van der Waals surface area contributed by atoms with Crippen molar-refractivity contribution in [2.75, 3.05) is 13.1 Å². The molecular formula is C16H22ClNO2. The van der Waals surface area contributed by atoms with E-state index in [9.17, 15) is 4.79 Å². The largest absolute Gasteiger partial charge is 0.460 e. The van der Waals surface area contributed by atoms with Crippen molar-refractivity contribution in [1.82, 2.24) is 5.32 Å². The van der Waals surface area contributed by atoms with E-state index in [-0.39, 0.29) is 17.8 Å². The zero-order valence-corrected chi connectivity index (χ0v) is 13.3. The first-order chi connectivity index (χ1) is 9.28. The van der Waals surface area contributed by atoms with Crippen LogP contribution in [0.15, 0.2) is 18.2 Å². The van der Waals surface area contributed by atoms with Gasteiger partial charge in [0.1, 0.15) is 5.60 Å². The molecule has 1 fully saturated rings. The maximum atomic E-state index is 12.3. The van der Waals surface area contributed by atoms with Gasteiger partial charge in [0.05, 0.1) is 5.92 Å². The minimum Gasteiger partial charge on any atom is -0.460 e. The predicted octanol–water partition coefficient (Wildman–Crippen LogP) is 3.29. The summed E-state index contributed by atoms with van der Waals surface area (Å²) in [4.78, 5) is 12.3. The Labute approximate surface area is 125 Å². The van der Waals surface area contributed by atoms with Gasteiger partial charge in [0.25, 0.3) is 0 Å². The first-order valence-electron chi connectivity index (χ1n) is 6.97. The molecule has 1 aliphatic rings. The normalized spacial score (nSPS) is 22.9. The van der Waals surface area contributed by atoms with Gasteiger partial charge in [-0.25, -0.2) is 0 Å². The van der Waals surface area contributed by atoms with Gasteiger partial charge in [-0.05, 0) is 44.9 Å². The summed E-state index contributed by atoms with van der Waals surface area (Å²) >= 11 is 6.33. The zero-order chi connectivity index (χ0) is 14.9. The average molecular weight is 296 g/mol. The van der Waals surface area contributed by atoms with Gasteiger partial charge >= 0.3 is 5.97 Å². The van der Waals surface area contributed by atoms with E-state index in [2.05, 4.69) is 5.32 Å². The van der Waals surface area contributed by atoms with Crippen molar-refractivity contribution < 1.29 is 9.53 Å². The second-order valence-electron chi connectivity index (χ2n) is 6.43. The predicted molar refractivity (Wildman–Crippen MR) is 81.1 cm³/mol. The number of benzene rings is 1. The topological polar surface area (TPSA) is 38.3 Å². The van der Waals surface area contributed by atoms with Crippen LogP contribution in [-0.2, 0) is 9.53 Å². The molecule has 4 heteroatoms. The SMILES string of the molecule is Cc1ccc([C@@H]2CNC[C@H]2C(=O)OC(C)(C)C)c(Cl)c1. The molecule has 1 aliphatic heterocycles. The van der Waals surface area contributed by atoms with E-state index in [0.717, 1.165) is 22.7 Å². The molecular weight excluding hydrogens is 274 g/mol. The maximum Gasteiger partial charge on any atom is 0.311 e. The smallest absolute Gasteiger partial charge is 0.311 e. The van der Waals surface area contributed by atoms with E-state index >= 15 is 0 Å². The highest BCUT2D eigenvalue weighted by Crippen LogP contribution is 2.34. The molecule has 1 N–H and O–H groups in total. The summed E-state index contributed by atoms with van der Waals surface area (Å²) in [5.74, 6) is -0.239. The number of nitrogens with one attached hydrogen (secondary N) is 1. The number of aryl methyl sites for hydroxylation is 1. The van der Waals surface area contributed by atoms with Gasteiger partial charge in [0, 0.05) is 24.0 Å². The van der Waals surface area contributed by atoms with E-state index < -0.39 is 5.60 Å². The standard InChI is InChI=1S/C16H22ClNO2/c1-10-5-6-11(14(17)7-10)12-8-18-9-13(12)15(19)20-16(2,3)4/h5-7,12-13,18H,8-9H2,1-4H3/t12-,13+/m0/s1. The van der Waals surface area contributed by atoms with E-state index in [1.165, 1.54) is 0 Å². The highest BCUT2D eigenvalue weighted by Gasteiger charge is 2.37. The number of hydrogen-bond donors (Lipinski definition) is 1. The number of hydrogen-bond acceptors (Lipinski definition) is 3. The highest BCUT2D eigenvalue weighted by atomic mass is 35.5. The number of rotatable bonds is 2. The Balaban J connectivity index is 2.21. The summed E-state index contributed by atoms with van der Waals surface area (Å²) in [5, 5.41) is 4.00. The van der Waals surface area contributed by atoms with Crippen molar-refractivity contribution in [3.63, 3.8) is 0 Å². The van der Waals surface area contributed by atoms with Crippen LogP contribution in [0.25, 0.3) is 0 Å². The van der Waals surface area contributed by atoms with Crippen molar-refractivity contribution in [2.45, 2.75) is 39.2 Å². The minimum absolute atomic E-state index is 0.0814. The molecule has 1 saturated heterocycles. The third-order valence-corrected chi connectivity index (χ3v) is 3.81. The van der Waals surface area contributed by atoms with Gasteiger partial charge in [-0.2, -0.15) is 0 Å². The maximum absolute atomic E-state index is 12.3.